The van der Waals surface area contributed by atoms with E-state index in [1.807, 2.05) is 0 Å². The number of imidazole rings is 1. The monoisotopic (exact) mass is 294 g/mol. The Balaban J connectivity index is 2.20. The number of aliphatic hydroxyl groups is 1. The minimum atomic E-state index is 0.186. The highest BCUT2D eigenvalue weighted by Gasteiger charge is 2.13. The zero-order chi connectivity index (χ0) is 15.7. The molecular weight excluding hydrogens is 272 g/mol. The van der Waals surface area contributed by atoms with Gasteiger partial charge in [0.2, 0.25) is 0 Å². The molecule has 0 amide bonds. The maximum absolute atomic E-state index is 9.04. The molecule has 0 spiro atoms. The molecular formula is C19H22N2O. The van der Waals surface area contributed by atoms with Crippen LogP contribution in [0.4, 0.5) is 0 Å². The number of aromatic nitrogens is 2. The Bertz CT molecular complexity index is 800. The lowest BCUT2D eigenvalue weighted by molar-refractivity contribution is 0.299. The first kappa shape index (κ1) is 14.8. The highest BCUT2D eigenvalue weighted by Crippen LogP contribution is 2.26. The van der Waals surface area contributed by atoms with E-state index < -0.39 is 0 Å². The summed E-state index contributed by atoms with van der Waals surface area (Å²) >= 11 is 0. The van der Waals surface area contributed by atoms with Crippen molar-refractivity contribution < 1.29 is 5.11 Å². The fourth-order valence-corrected chi connectivity index (χ4v) is 3.04. The van der Waals surface area contributed by atoms with Crippen molar-refractivity contribution in [1.82, 2.24) is 9.55 Å². The van der Waals surface area contributed by atoms with Crippen LogP contribution in [0.5, 0.6) is 0 Å². The summed E-state index contributed by atoms with van der Waals surface area (Å²) in [6.07, 6.45) is 1.59. The van der Waals surface area contributed by atoms with Crippen molar-refractivity contribution in [2.45, 2.75) is 33.6 Å². The Morgan fingerprint density at radius 1 is 1.09 bits per heavy atom. The van der Waals surface area contributed by atoms with E-state index in [1.54, 1.807) is 0 Å². The van der Waals surface area contributed by atoms with Crippen LogP contribution >= 0.6 is 0 Å². The summed E-state index contributed by atoms with van der Waals surface area (Å²) in [4.78, 5) is 4.83. The molecule has 1 aromatic heterocycles. The molecule has 3 heteroatoms. The highest BCUT2D eigenvalue weighted by atomic mass is 16.2. The van der Waals surface area contributed by atoms with E-state index in [-0.39, 0.29) is 6.61 Å². The van der Waals surface area contributed by atoms with Crippen LogP contribution in [0.25, 0.3) is 16.7 Å². The first-order valence-corrected chi connectivity index (χ1v) is 7.82. The average molecular weight is 294 g/mol. The van der Waals surface area contributed by atoms with Gasteiger partial charge < -0.3 is 5.11 Å². The van der Waals surface area contributed by atoms with Gasteiger partial charge in [0.1, 0.15) is 5.82 Å². The molecule has 0 radical (unpaired) electrons. The number of hydrogen-bond donors (Lipinski definition) is 1. The Kier molecular flexibility index (Phi) is 3.99. The van der Waals surface area contributed by atoms with Gasteiger partial charge in [-0.3, -0.25) is 4.57 Å². The smallest absolute Gasteiger partial charge is 0.114 e. The molecule has 0 aliphatic rings. The molecule has 0 atom stereocenters. The van der Waals surface area contributed by atoms with E-state index in [9.17, 15) is 0 Å². The average Bonchev–Trinajstić information content (AvgIpc) is 2.87. The van der Waals surface area contributed by atoms with E-state index in [4.69, 9.17) is 10.1 Å². The van der Waals surface area contributed by atoms with Crippen molar-refractivity contribution in [3.05, 3.63) is 58.9 Å². The van der Waals surface area contributed by atoms with E-state index in [1.165, 1.54) is 16.6 Å². The summed E-state index contributed by atoms with van der Waals surface area (Å²) in [7, 11) is 0. The Morgan fingerprint density at radius 3 is 2.45 bits per heavy atom. The van der Waals surface area contributed by atoms with Crippen molar-refractivity contribution in [1.29, 1.82) is 0 Å². The van der Waals surface area contributed by atoms with Crippen molar-refractivity contribution in [3.63, 3.8) is 0 Å². The second kappa shape index (κ2) is 5.93. The van der Waals surface area contributed by atoms with Crippen LogP contribution in [0.2, 0.25) is 0 Å². The zero-order valence-corrected chi connectivity index (χ0v) is 13.4. The van der Waals surface area contributed by atoms with Crippen molar-refractivity contribution in [2.75, 3.05) is 6.61 Å². The van der Waals surface area contributed by atoms with Crippen LogP contribution < -0.4 is 0 Å². The van der Waals surface area contributed by atoms with Crippen LogP contribution in [0.15, 0.2) is 36.4 Å². The van der Waals surface area contributed by atoms with Gasteiger partial charge in [0, 0.05) is 18.7 Å². The van der Waals surface area contributed by atoms with Crippen LogP contribution in [-0.2, 0) is 12.8 Å². The first-order chi connectivity index (χ1) is 10.6. The number of fused-ring (bicyclic) bond motifs is 1. The molecule has 0 saturated heterocycles. The number of nitrogens with zero attached hydrogens (tertiary/aromatic N) is 2. The largest absolute Gasteiger partial charge is 0.396 e. The lowest BCUT2D eigenvalue weighted by atomic mass is 10.1. The molecule has 114 valence electrons. The third kappa shape index (κ3) is 2.53. The zero-order valence-electron chi connectivity index (χ0n) is 13.4. The SMILES string of the molecule is CCc1nc2c(C)cc(C)cc2n1-c1ccc(CCO)cc1. The van der Waals surface area contributed by atoms with Crippen molar-refractivity contribution >= 4 is 11.0 Å². The Morgan fingerprint density at radius 2 is 1.82 bits per heavy atom. The third-order valence-corrected chi connectivity index (χ3v) is 4.08. The number of benzene rings is 2. The van der Waals surface area contributed by atoms with Crippen LogP contribution in [0.1, 0.15) is 29.4 Å². The summed E-state index contributed by atoms with van der Waals surface area (Å²) in [5.74, 6) is 1.08. The van der Waals surface area contributed by atoms with Gasteiger partial charge in [-0.15, -0.1) is 0 Å². The van der Waals surface area contributed by atoms with Gasteiger partial charge in [-0.05, 0) is 55.2 Å². The van der Waals surface area contributed by atoms with Gasteiger partial charge in [0.05, 0.1) is 11.0 Å². The van der Waals surface area contributed by atoms with E-state index in [2.05, 4.69) is 61.7 Å². The quantitative estimate of drug-likeness (QED) is 0.796. The van der Waals surface area contributed by atoms with Gasteiger partial charge in [-0.1, -0.05) is 25.1 Å². The second-order valence-electron chi connectivity index (χ2n) is 5.81. The van der Waals surface area contributed by atoms with E-state index in [0.717, 1.165) is 29.0 Å². The summed E-state index contributed by atoms with van der Waals surface area (Å²) in [6, 6.07) is 12.8. The fraction of sp³-hybridized carbons (Fsp3) is 0.316. The summed E-state index contributed by atoms with van der Waals surface area (Å²) < 4.78 is 2.25. The molecule has 2 aromatic carbocycles. The molecule has 0 aliphatic carbocycles. The molecule has 1 N–H and O–H groups in total. The molecule has 0 bridgehead atoms. The number of aliphatic hydroxyl groups excluding tert-OH is 1. The summed E-state index contributed by atoms with van der Waals surface area (Å²) in [5.41, 5.74) is 7.02. The van der Waals surface area contributed by atoms with E-state index >= 15 is 0 Å². The number of rotatable bonds is 4. The van der Waals surface area contributed by atoms with Crippen molar-refractivity contribution in [2.24, 2.45) is 0 Å². The van der Waals surface area contributed by atoms with E-state index in [0.29, 0.717) is 6.42 Å². The van der Waals surface area contributed by atoms with Crippen LogP contribution in [0, 0.1) is 13.8 Å². The molecule has 22 heavy (non-hydrogen) atoms. The highest BCUT2D eigenvalue weighted by molar-refractivity contribution is 5.82. The van der Waals surface area contributed by atoms with Gasteiger partial charge in [-0.25, -0.2) is 4.98 Å². The lowest BCUT2D eigenvalue weighted by Crippen LogP contribution is -2.00. The predicted molar refractivity (Wildman–Crippen MR) is 90.7 cm³/mol. The lowest BCUT2D eigenvalue weighted by Gasteiger charge is -2.10. The molecule has 0 saturated carbocycles. The van der Waals surface area contributed by atoms with Crippen LogP contribution in [0.3, 0.4) is 0 Å². The van der Waals surface area contributed by atoms with Gasteiger partial charge in [0.25, 0.3) is 0 Å². The van der Waals surface area contributed by atoms with Gasteiger partial charge in [-0.2, -0.15) is 0 Å². The Hall–Kier alpha value is -2.13. The predicted octanol–water partition coefficient (Wildman–Crippen LogP) is 3.74. The summed E-state index contributed by atoms with van der Waals surface area (Å²) in [6.45, 7) is 6.57. The van der Waals surface area contributed by atoms with Gasteiger partial charge in [0.15, 0.2) is 0 Å². The minimum Gasteiger partial charge on any atom is -0.396 e. The number of aryl methyl sites for hydroxylation is 3. The standard InChI is InChI=1S/C19H22N2O/c1-4-18-20-19-14(3)11-13(2)12-17(19)21(18)16-7-5-15(6-8-16)9-10-22/h5-8,11-12,22H,4,9-10H2,1-3H3. The molecule has 3 rings (SSSR count). The first-order valence-electron chi connectivity index (χ1n) is 7.82. The maximum Gasteiger partial charge on any atom is 0.114 e. The molecule has 0 aliphatic heterocycles. The second-order valence-corrected chi connectivity index (χ2v) is 5.81. The normalized spacial score (nSPS) is 11.3. The molecule has 0 fully saturated rings. The molecule has 3 aromatic rings. The van der Waals surface area contributed by atoms with Gasteiger partial charge >= 0.3 is 0 Å². The fourth-order valence-electron chi connectivity index (χ4n) is 3.04. The van der Waals surface area contributed by atoms with Crippen molar-refractivity contribution in [3.8, 4) is 5.69 Å². The maximum atomic E-state index is 9.04. The third-order valence-electron chi connectivity index (χ3n) is 4.08. The topological polar surface area (TPSA) is 38.0 Å². The van der Waals surface area contributed by atoms with Crippen LogP contribution in [-0.4, -0.2) is 21.3 Å². The molecule has 0 unspecified atom stereocenters. The molecule has 1 heterocycles. The minimum absolute atomic E-state index is 0.186. The number of hydrogen-bond acceptors (Lipinski definition) is 2. The molecule has 3 nitrogen and oxygen atoms in total. The Labute approximate surface area is 131 Å². The summed E-state index contributed by atoms with van der Waals surface area (Å²) in [5, 5.41) is 9.04.